The quantitative estimate of drug-likeness (QED) is 0.803. The second-order valence-corrected chi connectivity index (χ2v) is 5.82. The minimum Gasteiger partial charge on any atom is -0.475 e. The molecule has 22 heavy (non-hydrogen) atoms. The number of fused-ring (bicyclic) bond motifs is 1. The normalized spacial score (nSPS) is 18.3. The van der Waals surface area contributed by atoms with Crippen LogP contribution >= 0.6 is 0 Å². The number of para-hydroxylation sites is 2. The Morgan fingerprint density at radius 3 is 2.82 bits per heavy atom. The van der Waals surface area contributed by atoms with E-state index in [-0.39, 0.29) is 0 Å². The van der Waals surface area contributed by atoms with Crippen LogP contribution in [-0.4, -0.2) is 36.7 Å². The van der Waals surface area contributed by atoms with Crippen molar-refractivity contribution in [3.8, 4) is 5.88 Å². The van der Waals surface area contributed by atoms with Crippen molar-refractivity contribution >= 4 is 16.9 Å². The lowest BCUT2D eigenvalue weighted by Crippen LogP contribution is -2.29. The molecule has 0 saturated carbocycles. The fraction of sp³-hybridized carbons (Fsp3) is 0.529. The van der Waals surface area contributed by atoms with Crippen LogP contribution in [0.2, 0.25) is 0 Å². The van der Waals surface area contributed by atoms with Gasteiger partial charge >= 0.3 is 0 Å². The summed E-state index contributed by atoms with van der Waals surface area (Å²) in [6.07, 6.45) is 4.91. The van der Waals surface area contributed by atoms with Crippen LogP contribution in [0.5, 0.6) is 5.88 Å². The largest absolute Gasteiger partial charge is 0.475 e. The van der Waals surface area contributed by atoms with Gasteiger partial charge in [-0.3, -0.25) is 0 Å². The molecule has 0 amide bonds. The topological polar surface area (TPSA) is 59.1 Å². The molecule has 118 valence electrons. The Balaban J connectivity index is 1.58. The fourth-order valence-electron chi connectivity index (χ4n) is 2.96. The molecule has 1 aliphatic rings. The van der Waals surface area contributed by atoms with Gasteiger partial charge < -0.3 is 15.4 Å². The summed E-state index contributed by atoms with van der Waals surface area (Å²) in [5.74, 6) is 2.10. The molecule has 2 N–H and O–H groups in total. The van der Waals surface area contributed by atoms with E-state index in [1.54, 1.807) is 0 Å². The molecule has 5 heteroatoms. The average Bonchev–Trinajstić information content (AvgIpc) is 2.59. The number of ether oxygens (including phenoxy) is 1. The third-order valence-corrected chi connectivity index (χ3v) is 4.17. The van der Waals surface area contributed by atoms with E-state index < -0.39 is 0 Å². The van der Waals surface area contributed by atoms with Crippen LogP contribution in [0.3, 0.4) is 0 Å². The SMILES string of the molecule is CNc1nc2ccccc2nc1OCCC[C@@H]1CCCNC1. The van der Waals surface area contributed by atoms with Gasteiger partial charge in [-0.1, -0.05) is 12.1 Å². The predicted molar refractivity (Wildman–Crippen MR) is 89.4 cm³/mol. The van der Waals surface area contributed by atoms with Gasteiger partial charge in [0.05, 0.1) is 17.6 Å². The van der Waals surface area contributed by atoms with Gasteiger partial charge in [-0.15, -0.1) is 0 Å². The predicted octanol–water partition coefficient (Wildman–Crippen LogP) is 2.83. The number of anilines is 1. The second-order valence-electron chi connectivity index (χ2n) is 5.82. The summed E-state index contributed by atoms with van der Waals surface area (Å²) in [4.78, 5) is 9.12. The minimum atomic E-state index is 0.600. The highest BCUT2D eigenvalue weighted by atomic mass is 16.5. The molecule has 0 unspecified atom stereocenters. The molecule has 5 nitrogen and oxygen atoms in total. The first-order chi connectivity index (χ1) is 10.9. The molecule has 2 aromatic rings. The van der Waals surface area contributed by atoms with Crippen LogP contribution in [0.1, 0.15) is 25.7 Å². The van der Waals surface area contributed by atoms with Crippen molar-refractivity contribution in [1.29, 1.82) is 0 Å². The van der Waals surface area contributed by atoms with Gasteiger partial charge in [0.1, 0.15) is 0 Å². The van der Waals surface area contributed by atoms with Crippen LogP contribution in [0.25, 0.3) is 11.0 Å². The van der Waals surface area contributed by atoms with Gasteiger partial charge in [-0.2, -0.15) is 0 Å². The number of rotatable bonds is 6. The molecule has 0 aliphatic carbocycles. The zero-order valence-corrected chi connectivity index (χ0v) is 13.1. The lowest BCUT2D eigenvalue weighted by atomic mass is 9.95. The minimum absolute atomic E-state index is 0.600. The van der Waals surface area contributed by atoms with E-state index in [2.05, 4.69) is 20.6 Å². The van der Waals surface area contributed by atoms with Crippen LogP contribution in [0.4, 0.5) is 5.82 Å². The zero-order valence-electron chi connectivity index (χ0n) is 13.1. The third-order valence-electron chi connectivity index (χ3n) is 4.17. The monoisotopic (exact) mass is 300 g/mol. The van der Waals surface area contributed by atoms with Gasteiger partial charge in [0.25, 0.3) is 5.88 Å². The van der Waals surface area contributed by atoms with Crippen LogP contribution < -0.4 is 15.4 Å². The Bertz CT molecular complexity index is 611. The Kier molecular flexibility index (Phi) is 5.06. The zero-order chi connectivity index (χ0) is 15.2. The Morgan fingerprint density at radius 1 is 1.27 bits per heavy atom. The van der Waals surface area contributed by atoms with Gasteiger partial charge in [0.2, 0.25) is 0 Å². The summed E-state index contributed by atoms with van der Waals surface area (Å²) >= 11 is 0. The van der Waals surface area contributed by atoms with Crippen molar-refractivity contribution < 1.29 is 4.74 Å². The van der Waals surface area contributed by atoms with Crippen molar-refractivity contribution in [2.24, 2.45) is 5.92 Å². The van der Waals surface area contributed by atoms with Crippen molar-refractivity contribution in [1.82, 2.24) is 15.3 Å². The number of nitrogens with zero attached hydrogens (tertiary/aromatic N) is 2. The van der Waals surface area contributed by atoms with Gasteiger partial charge in [0, 0.05) is 7.05 Å². The number of hydrogen-bond donors (Lipinski definition) is 2. The van der Waals surface area contributed by atoms with Crippen LogP contribution in [0.15, 0.2) is 24.3 Å². The van der Waals surface area contributed by atoms with E-state index in [1.807, 2.05) is 31.3 Å². The van der Waals surface area contributed by atoms with Crippen LogP contribution in [0, 0.1) is 5.92 Å². The van der Waals surface area contributed by atoms with E-state index in [4.69, 9.17) is 4.74 Å². The lowest BCUT2D eigenvalue weighted by Gasteiger charge is -2.22. The van der Waals surface area contributed by atoms with Crippen molar-refractivity contribution in [2.45, 2.75) is 25.7 Å². The van der Waals surface area contributed by atoms with Crippen molar-refractivity contribution in [3.63, 3.8) is 0 Å². The Morgan fingerprint density at radius 2 is 2.09 bits per heavy atom. The molecule has 1 aromatic carbocycles. The molecule has 1 saturated heterocycles. The molecule has 1 aliphatic heterocycles. The summed E-state index contributed by atoms with van der Waals surface area (Å²) in [7, 11) is 1.85. The molecule has 1 aromatic heterocycles. The summed E-state index contributed by atoms with van der Waals surface area (Å²) in [5.41, 5.74) is 1.75. The molecule has 3 rings (SSSR count). The first kappa shape index (κ1) is 15.0. The molecule has 1 fully saturated rings. The maximum Gasteiger partial charge on any atom is 0.258 e. The first-order valence-corrected chi connectivity index (χ1v) is 8.15. The van der Waals surface area contributed by atoms with E-state index in [0.29, 0.717) is 18.3 Å². The summed E-state index contributed by atoms with van der Waals surface area (Å²) in [5, 5.41) is 6.53. The van der Waals surface area contributed by atoms with E-state index >= 15 is 0 Å². The second kappa shape index (κ2) is 7.40. The standard InChI is InChI=1S/C17H24N4O/c1-18-16-17(21-15-9-3-2-8-14(15)20-16)22-11-5-7-13-6-4-10-19-12-13/h2-3,8-9,13,19H,4-7,10-12H2,1H3,(H,18,20)/t13-/m0/s1. The number of hydrogen-bond acceptors (Lipinski definition) is 5. The van der Waals surface area contributed by atoms with Crippen LogP contribution in [-0.2, 0) is 0 Å². The highest BCUT2D eigenvalue weighted by Crippen LogP contribution is 2.23. The smallest absolute Gasteiger partial charge is 0.258 e. The fourth-order valence-corrected chi connectivity index (χ4v) is 2.96. The maximum atomic E-state index is 5.87. The Labute approximate surface area is 131 Å². The molecule has 0 spiro atoms. The maximum absolute atomic E-state index is 5.87. The lowest BCUT2D eigenvalue weighted by molar-refractivity contribution is 0.269. The van der Waals surface area contributed by atoms with Gasteiger partial charge in [-0.25, -0.2) is 9.97 Å². The molecule has 1 atom stereocenters. The highest BCUT2D eigenvalue weighted by molar-refractivity contribution is 5.77. The number of benzene rings is 1. The number of piperidine rings is 1. The van der Waals surface area contributed by atoms with E-state index in [1.165, 1.54) is 25.8 Å². The number of nitrogens with one attached hydrogen (secondary N) is 2. The average molecular weight is 300 g/mol. The molecular formula is C17H24N4O. The van der Waals surface area contributed by atoms with Gasteiger partial charge in [-0.05, 0) is 56.8 Å². The van der Waals surface area contributed by atoms with Gasteiger partial charge in [0.15, 0.2) is 5.82 Å². The summed E-state index contributed by atoms with van der Waals surface area (Å²) < 4.78 is 5.87. The molecule has 0 bridgehead atoms. The summed E-state index contributed by atoms with van der Waals surface area (Å²) in [6, 6.07) is 7.86. The highest BCUT2D eigenvalue weighted by Gasteiger charge is 2.13. The molecule has 0 radical (unpaired) electrons. The summed E-state index contributed by atoms with van der Waals surface area (Å²) in [6.45, 7) is 3.01. The molecular weight excluding hydrogens is 276 g/mol. The Hall–Kier alpha value is -1.88. The van der Waals surface area contributed by atoms with Crippen molar-refractivity contribution in [3.05, 3.63) is 24.3 Å². The van der Waals surface area contributed by atoms with E-state index in [0.717, 1.165) is 29.9 Å². The molecule has 2 heterocycles. The number of aromatic nitrogens is 2. The van der Waals surface area contributed by atoms with E-state index in [9.17, 15) is 0 Å². The first-order valence-electron chi connectivity index (χ1n) is 8.15. The third kappa shape index (κ3) is 3.65. The van der Waals surface area contributed by atoms with Crippen molar-refractivity contribution in [2.75, 3.05) is 32.1 Å².